The summed E-state index contributed by atoms with van der Waals surface area (Å²) in [5.74, 6) is -1.20. The molecule has 0 saturated carbocycles. The van der Waals surface area contributed by atoms with Crippen molar-refractivity contribution in [2.75, 3.05) is 6.54 Å². The molecule has 0 aromatic heterocycles. The first kappa shape index (κ1) is 16.4. The Balaban J connectivity index is 3.97. The lowest BCUT2D eigenvalue weighted by Gasteiger charge is -2.11. The summed E-state index contributed by atoms with van der Waals surface area (Å²) in [7, 11) is -9.09. The van der Waals surface area contributed by atoms with Gasteiger partial charge in [0.15, 0.2) is 0 Å². The van der Waals surface area contributed by atoms with E-state index in [0.29, 0.717) is 0 Å². The van der Waals surface area contributed by atoms with Crippen molar-refractivity contribution in [3.05, 3.63) is 0 Å². The minimum atomic E-state index is -4.55. The Kier molecular flexibility index (Phi) is 6.19. The SMILES string of the molecule is N[C@@H](CCCNP(=O)(O)OS(N)(=O)=O)C(=O)O. The van der Waals surface area contributed by atoms with Crippen LogP contribution in [0, 0.1) is 0 Å². The molecule has 102 valence electrons. The van der Waals surface area contributed by atoms with Crippen molar-refractivity contribution in [2.45, 2.75) is 18.9 Å². The van der Waals surface area contributed by atoms with Gasteiger partial charge in [0.1, 0.15) is 6.04 Å². The molecular formula is C5H14N3O7PS. The van der Waals surface area contributed by atoms with Gasteiger partial charge in [-0.05, 0) is 12.8 Å². The first-order valence-electron chi connectivity index (χ1n) is 4.34. The van der Waals surface area contributed by atoms with Gasteiger partial charge in [0, 0.05) is 6.54 Å². The molecule has 0 fully saturated rings. The van der Waals surface area contributed by atoms with Crippen molar-refractivity contribution >= 4 is 24.0 Å². The van der Waals surface area contributed by atoms with Crippen LogP contribution in [-0.4, -0.2) is 37.0 Å². The Morgan fingerprint density at radius 1 is 1.53 bits per heavy atom. The van der Waals surface area contributed by atoms with Crippen molar-refractivity contribution in [3.63, 3.8) is 0 Å². The van der Waals surface area contributed by atoms with Gasteiger partial charge in [-0.25, -0.2) is 14.8 Å². The maximum absolute atomic E-state index is 11.0. The van der Waals surface area contributed by atoms with E-state index < -0.39 is 30.1 Å². The highest BCUT2D eigenvalue weighted by molar-refractivity contribution is 7.88. The number of aliphatic carboxylic acids is 1. The molecule has 0 rings (SSSR count). The number of hydrogen-bond acceptors (Lipinski definition) is 6. The summed E-state index contributed by atoms with van der Waals surface area (Å²) < 4.78 is 35.4. The molecule has 2 atom stereocenters. The van der Waals surface area contributed by atoms with Crippen LogP contribution in [0.25, 0.3) is 0 Å². The van der Waals surface area contributed by atoms with Crippen molar-refractivity contribution < 1.29 is 31.7 Å². The topological polar surface area (TPSA) is 182 Å². The first-order valence-corrected chi connectivity index (χ1v) is 7.38. The molecule has 0 amide bonds. The van der Waals surface area contributed by atoms with Gasteiger partial charge in [-0.2, -0.15) is 12.4 Å². The lowest BCUT2D eigenvalue weighted by atomic mass is 10.2. The van der Waals surface area contributed by atoms with E-state index in [0.717, 1.165) is 0 Å². The molecule has 0 aromatic carbocycles. The summed E-state index contributed by atoms with van der Waals surface area (Å²) in [6, 6.07) is -1.09. The summed E-state index contributed by atoms with van der Waals surface area (Å²) in [4.78, 5) is 19.2. The van der Waals surface area contributed by atoms with E-state index >= 15 is 0 Å². The van der Waals surface area contributed by atoms with Crippen LogP contribution >= 0.6 is 7.75 Å². The van der Waals surface area contributed by atoms with E-state index in [1.165, 1.54) is 0 Å². The number of carboxylic acid groups (broad SMARTS) is 1. The molecule has 0 saturated heterocycles. The third-order valence-corrected chi connectivity index (χ3v) is 3.79. The van der Waals surface area contributed by atoms with Gasteiger partial charge < -0.3 is 15.7 Å². The summed E-state index contributed by atoms with van der Waals surface area (Å²) in [6.07, 6.45) is 0.198. The minimum absolute atomic E-state index is 0.0533. The summed E-state index contributed by atoms with van der Waals surface area (Å²) in [5, 5.41) is 14.7. The Morgan fingerprint density at radius 3 is 2.47 bits per heavy atom. The molecule has 0 aliphatic heterocycles. The lowest BCUT2D eigenvalue weighted by Crippen LogP contribution is -2.31. The summed E-state index contributed by atoms with van der Waals surface area (Å²) in [5.41, 5.74) is 5.16. The van der Waals surface area contributed by atoms with E-state index in [1.54, 1.807) is 0 Å². The zero-order chi connectivity index (χ0) is 13.7. The quantitative estimate of drug-likeness (QED) is 0.251. The van der Waals surface area contributed by atoms with Crippen LogP contribution in [-0.2, 0) is 23.6 Å². The third-order valence-electron chi connectivity index (χ3n) is 1.53. The predicted octanol–water partition coefficient (Wildman–Crippen LogP) is -1.91. The Morgan fingerprint density at radius 2 is 2.06 bits per heavy atom. The van der Waals surface area contributed by atoms with E-state index in [-0.39, 0.29) is 19.4 Å². The zero-order valence-corrected chi connectivity index (χ0v) is 10.4. The maximum atomic E-state index is 11.0. The molecule has 0 radical (unpaired) electrons. The fourth-order valence-electron chi connectivity index (χ4n) is 0.833. The predicted molar refractivity (Wildman–Crippen MR) is 56.9 cm³/mol. The smallest absolute Gasteiger partial charge is 0.418 e. The third kappa shape index (κ3) is 9.18. The molecule has 10 nitrogen and oxygen atoms in total. The molecular weight excluding hydrogens is 277 g/mol. The van der Waals surface area contributed by atoms with Crippen LogP contribution in [0.2, 0.25) is 0 Å². The number of rotatable bonds is 8. The fourth-order valence-corrected chi connectivity index (χ4v) is 2.61. The average Bonchev–Trinajstić information content (AvgIpc) is 2.07. The van der Waals surface area contributed by atoms with Crippen LogP contribution in [0.3, 0.4) is 0 Å². The molecule has 7 N–H and O–H groups in total. The van der Waals surface area contributed by atoms with Crippen LogP contribution in [0.4, 0.5) is 0 Å². The minimum Gasteiger partial charge on any atom is -0.480 e. The molecule has 0 aromatic rings. The average molecular weight is 291 g/mol. The summed E-state index contributed by atoms with van der Waals surface area (Å²) >= 11 is 0. The highest BCUT2D eigenvalue weighted by Crippen LogP contribution is 2.37. The van der Waals surface area contributed by atoms with Gasteiger partial charge in [0.25, 0.3) is 0 Å². The number of nitrogens with one attached hydrogen (secondary N) is 1. The van der Waals surface area contributed by atoms with Crippen LogP contribution in [0.5, 0.6) is 0 Å². The standard InChI is InChI=1S/C5H14N3O7PS/c6-4(5(9)10)2-1-3-8-16(11,12)15-17(7,13)14/h4H,1-3,6H2,(H,9,10)(H2,7,13,14)(H2,8,11,12)/t4-/m0/s1. The number of nitrogens with two attached hydrogens (primary N) is 2. The molecule has 12 heteroatoms. The molecule has 0 heterocycles. The molecule has 1 unspecified atom stereocenters. The van der Waals surface area contributed by atoms with Crippen LogP contribution in [0.15, 0.2) is 0 Å². The molecule has 0 aliphatic carbocycles. The lowest BCUT2D eigenvalue weighted by molar-refractivity contribution is -0.138. The zero-order valence-electron chi connectivity index (χ0n) is 8.64. The van der Waals surface area contributed by atoms with Gasteiger partial charge >= 0.3 is 24.0 Å². The second kappa shape index (κ2) is 6.40. The highest BCUT2D eigenvalue weighted by Gasteiger charge is 2.25. The number of carbonyl (C=O) groups is 1. The van der Waals surface area contributed by atoms with E-state index in [1.807, 2.05) is 5.09 Å². The first-order chi connectivity index (χ1) is 7.53. The van der Waals surface area contributed by atoms with E-state index in [9.17, 15) is 17.8 Å². The van der Waals surface area contributed by atoms with Gasteiger partial charge in [0.2, 0.25) is 0 Å². The summed E-state index contributed by atoms with van der Waals surface area (Å²) in [6.45, 7) is -0.149. The van der Waals surface area contributed by atoms with Crippen molar-refractivity contribution in [1.29, 1.82) is 0 Å². The Bertz CT molecular complexity index is 410. The van der Waals surface area contributed by atoms with E-state index in [4.69, 9.17) is 15.7 Å². The van der Waals surface area contributed by atoms with E-state index in [2.05, 4.69) is 9.11 Å². The van der Waals surface area contributed by atoms with Crippen molar-refractivity contribution in [3.8, 4) is 0 Å². The Labute approximate surface area is 97.8 Å². The van der Waals surface area contributed by atoms with Gasteiger partial charge in [-0.1, -0.05) is 0 Å². The second-order valence-electron chi connectivity index (χ2n) is 3.08. The second-order valence-corrected chi connectivity index (χ2v) is 6.02. The molecule has 17 heavy (non-hydrogen) atoms. The van der Waals surface area contributed by atoms with Crippen molar-refractivity contribution in [2.24, 2.45) is 10.9 Å². The maximum Gasteiger partial charge on any atom is 0.418 e. The molecule has 0 spiro atoms. The van der Waals surface area contributed by atoms with Crippen LogP contribution in [0.1, 0.15) is 12.8 Å². The monoisotopic (exact) mass is 291 g/mol. The normalized spacial score (nSPS) is 17.4. The largest absolute Gasteiger partial charge is 0.480 e. The van der Waals surface area contributed by atoms with Crippen molar-refractivity contribution in [1.82, 2.24) is 5.09 Å². The molecule has 0 bridgehead atoms. The molecule has 0 aliphatic rings. The van der Waals surface area contributed by atoms with Crippen LogP contribution < -0.4 is 16.0 Å². The van der Waals surface area contributed by atoms with Gasteiger partial charge in [0.05, 0.1) is 0 Å². The number of carboxylic acids is 1. The Hall–Kier alpha value is -0.550. The van der Waals surface area contributed by atoms with Gasteiger partial charge in [-0.15, -0.1) is 0 Å². The highest BCUT2D eigenvalue weighted by atomic mass is 32.2. The van der Waals surface area contributed by atoms with Gasteiger partial charge in [-0.3, -0.25) is 4.79 Å². The number of hydrogen-bond donors (Lipinski definition) is 5. The fraction of sp³-hybridized carbons (Fsp3) is 0.800.